The Balaban J connectivity index is 2.06. The van der Waals surface area contributed by atoms with Gasteiger partial charge in [0.15, 0.2) is 11.5 Å². The van der Waals surface area contributed by atoms with Crippen molar-refractivity contribution in [1.82, 2.24) is 5.32 Å². The lowest BCUT2D eigenvalue weighted by Gasteiger charge is -2.24. The molecule has 0 saturated carbocycles. The van der Waals surface area contributed by atoms with Gasteiger partial charge in [-0.15, -0.1) is 0 Å². The third kappa shape index (κ3) is 2.67. The number of guanidine groups is 1. The van der Waals surface area contributed by atoms with Crippen LogP contribution >= 0.6 is 23.2 Å². The summed E-state index contributed by atoms with van der Waals surface area (Å²) >= 11 is 11.8. The summed E-state index contributed by atoms with van der Waals surface area (Å²) in [6.45, 7) is 0. The number of carbonyl (C=O) groups is 1. The van der Waals surface area contributed by atoms with E-state index >= 15 is 0 Å². The molecule has 0 bridgehead atoms. The number of nitrogens with one attached hydrogen (secondary N) is 1. The van der Waals surface area contributed by atoms with Crippen molar-refractivity contribution in [3.63, 3.8) is 0 Å². The minimum absolute atomic E-state index is 0.119. The number of halogens is 2. The monoisotopic (exact) mass is 333 g/mol. The molecular formula is C16H13Cl2N3O. The van der Waals surface area contributed by atoms with Crippen molar-refractivity contribution < 1.29 is 4.79 Å². The van der Waals surface area contributed by atoms with Crippen molar-refractivity contribution in [2.24, 2.45) is 10.7 Å². The van der Waals surface area contributed by atoms with Crippen molar-refractivity contribution in [1.29, 1.82) is 0 Å². The summed E-state index contributed by atoms with van der Waals surface area (Å²) in [5, 5.41) is 3.82. The van der Waals surface area contributed by atoms with Gasteiger partial charge in [-0.05, 0) is 35.4 Å². The number of carbonyl (C=O) groups excluding carboxylic acids is 1. The number of benzene rings is 2. The molecule has 1 aliphatic rings. The molecule has 3 rings (SSSR count). The van der Waals surface area contributed by atoms with Gasteiger partial charge in [0.05, 0.1) is 0 Å². The van der Waals surface area contributed by atoms with Crippen LogP contribution in [0.3, 0.4) is 0 Å². The molecule has 0 radical (unpaired) electrons. The first-order valence-corrected chi connectivity index (χ1v) is 7.42. The maximum Gasteiger partial charge on any atom is 0.259 e. The van der Waals surface area contributed by atoms with Gasteiger partial charge >= 0.3 is 0 Å². The Morgan fingerprint density at radius 2 is 1.55 bits per heavy atom. The fourth-order valence-corrected chi connectivity index (χ4v) is 2.80. The standard InChI is InChI=1S/C16H13Cl2N3O/c17-12-5-1-10(2-6-12)9-16(14(22)20-15(19)21-16)11-3-7-13(18)8-4-11/h1-8H,9H2,(H3,19,20,21,22). The van der Waals surface area contributed by atoms with Crippen molar-refractivity contribution in [3.05, 3.63) is 69.7 Å². The molecule has 0 aromatic heterocycles. The molecule has 0 aliphatic carbocycles. The number of hydrogen-bond acceptors (Lipinski definition) is 3. The van der Waals surface area contributed by atoms with Crippen LogP contribution in [0.25, 0.3) is 0 Å². The molecule has 0 fully saturated rings. The van der Waals surface area contributed by atoms with Crippen LogP contribution in [0, 0.1) is 0 Å². The van der Waals surface area contributed by atoms with Gasteiger partial charge in [0.25, 0.3) is 5.91 Å². The fraction of sp³-hybridized carbons (Fsp3) is 0.125. The van der Waals surface area contributed by atoms with E-state index in [0.717, 1.165) is 11.1 Å². The molecular weight excluding hydrogens is 321 g/mol. The highest BCUT2D eigenvalue weighted by Gasteiger charge is 2.44. The van der Waals surface area contributed by atoms with Crippen LogP contribution in [0.15, 0.2) is 53.5 Å². The third-order valence-corrected chi connectivity index (χ3v) is 4.13. The second-order valence-corrected chi connectivity index (χ2v) is 5.99. The Hall–Kier alpha value is -2.04. The quantitative estimate of drug-likeness (QED) is 0.906. The van der Waals surface area contributed by atoms with Crippen LogP contribution in [0.4, 0.5) is 0 Å². The third-order valence-electron chi connectivity index (χ3n) is 3.62. The first kappa shape index (κ1) is 14.9. The summed E-state index contributed by atoms with van der Waals surface area (Å²) in [6, 6.07) is 14.4. The summed E-state index contributed by atoms with van der Waals surface area (Å²) in [5.74, 6) is -0.129. The minimum Gasteiger partial charge on any atom is -0.370 e. The molecule has 3 N–H and O–H groups in total. The molecule has 0 saturated heterocycles. The summed E-state index contributed by atoms with van der Waals surface area (Å²) < 4.78 is 0. The predicted octanol–water partition coefficient (Wildman–Crippen LogP) is 2.88. The van der Waals surface area contributed by atoms with Gasteiger partial charge in [-0.1, -0.05) is 47.5 Å². The SMILES string of the molecule is NC1=NC(Cc2ccc(Cl)cc2)(c2ccc(Cl)cc2)C(=O)N1. The second kappa shape index (κ2) is 5.63. The molecule has 1 unspecified atom stereocenters. The smallest absolute Gasteiger partial charge is 0.259 e. The van der Waals surface area contributed by atoms with E-state index in [4.69, 9.17) is 28.9 Å². The molecule has 1 amide bonds. The zero-order valence-electron chi connectivity index (χ0n) is 11.5. The Labute approximate surface area is 137 Å². The van der Waals surface area contributed by atoms with Gasteiger partial charge < -0.3 is 5.73 Å². The Morgan fingerprint density at radius 1 is 1.00 bits per heavy atom. The van der Waals surface area contributed by atoms with Crippen molar-refractivity contribution >= 4 is 35.1 Å². The number of nitrogens with zero attached hydrogens (tertiary/aromatic N) is 1. The van der Waals surface area contributed by atoms with Crippen molar-refractivity contribution in [2.45, 2.75) is 12.0 Å². The zero-order chi connectivity index (χ0) is 15.7. The predicted molar refractivity (Wildman–Crippen MR) is 88.1 cm³/mol. The van der Waals surface area contributed by atoms with Crippen LogP contribution in [0.2, 0.25) is 10.0 Å². The minimum atomic E-state index is -1.08. The highest BCUT2D eigenvalue weighted by Crippen LogP contribution is 2.34. The van der Waals surface area contributed by atoms with E-state index in [2.05, 4.69) is 10.3 Å². The number of aliphatic imine (C=N–C) groups is 1. The number of amides is 1. The molecule has 112 valence electrons. The average Bonchev–Trinajstić information content (AvgIpc) is 2.77. The lowest BCUT2D eigenvalue weighted by Crippen LogP contribution is -2.40. The summed E-state index contributed by atoms with van der Waals surface area (Å²) in [7, 11) is 0. The molecule has 2 aromatic rings. The molecule has 2 aromatic carbocycles. The largest absolute Gasteiger partial charge is 0.370 e. The highest BCUT2D eigenvalue weighted by atomic mass is 35.5. The van der Waals surface area contributed by atoms with Crippen LogP contribution in [-0.4, -0.2) is 11.9 Å². The zero-order valence-corrected chi connectivity index (χ0v) is 13.0. The van der Waals surface area contributed by atoms with Gasteiger partial charge in [0.1, 0.15) is 0 Å². The van der Waals surface area contributed by atoms with Gasteiger partial charge in [-0.3, -0.25) is 10.1 Å². The van der Waals surface area contributed by atoms with E-state index in [0.29, 0.717) is 16.5 Å². The molecule has 1 heterocycles. The fourth-order valence-electron chi connectivity index (χ4n) is 2.54. The summed E-state index contributed by atoms with van der Waals surface area (Å²) in [4.78, 5) is 16.9. The second-order valence-electron chi connectivity index (χ2n) is 5.12. The molecule has 22 heavy (non-hydrogen) atoms. The van der Waals surface area contributed by atoms with Crippen LogP contribution in [0.1, 0.15) is 11.1 Å². The van der Waals surface area contributed by atoms with E-state index in [1.165, 1.54) is 0 Å². The Bertz CT molecular complexity index is 741. The maximum atomic E-state index is 12.5. The number of nitrogens with two attached hydrogens (primary N) is 1. The topological polar surface area (TPSA) is 67.5 Å². The van der Waals surface area contributed by atoms with Crippen LogP contribution in [0.5, 0.6) is 0 Å². The summed E-state index contributed by atoms with van der Waals surface area (Å²) in [5.41, 5.74) is 6.31. The Kier molecular flexibility index (Phi) is 3.81. The summed E-state index contributed by atoms with van der Waals surface area (Å²) in [6.07, 6.45) is 0.387. The Morgan fingerprint density at radius 3 is 2.05 bits per heavy atom. The van der Waals surface area contributed by atoms with Gasteiger partial charge in [0, 0.05) is 16.5 Å². The molecule has 0 spiro atoms. The van der Waals surface area contributed by atoms with Gasteiger partial charge in [-0.2, -0.15) is 0 Å². The molecule has 4 nitrogen and oxygen atoms in total. The molecule has 1 aliphatic heterocycles. The van der Waals surface area contributed by atoms with E-state index in [1.54, 1.807) is 36.4 Å². The molecule has 6 heteroatoms. The maximum absolute atomic E-state index is 12.5. The van der Waals surface area contributed by atoms with Crippen molar-refractivity contribution in [2.75, 3.05) is 0 Å². The van der Waals surface area contributed by atoms with E-state index in [9.17, 15) is 4.79 Å². The first-order valence-electron chi connectivity index (χ1n) is 6.67. The lowest BCUT2D eigenvalue weighted by molar-refractivity contribution is -0.124. The first-order chi connectivity index (χ1) is 10.5. The van der Waals surface area contributed by atoms with Crippen molar-refractivity contribution in [3.8, 4) is 0 Å². The average molecular weight is 334 g/mol. The lowest BCUT2D eigenvalue weighted by atomic mass is 9.84. The van der Waals surface area contributed by atoms with Gasteiger partial charge in [0.2, 0.25) is 0 Å². The van der Waals surface area contributed by atoms with E-state index < -0.39 is 5.54 Å². The van der Waals surface area contributed by atoms with Crippen LogP contribution in [-0.2, 0) is 16.8 Å². The van der Waals surface area contributed by atoms with E-state index in [1.807, 2.05) is 12.1 Å². The molecule has 1 atom stereocenters. The number of rotatable bonds is 3. The van der Waals surface area contributed by atoms with E-state index in [-0.39, 0.29) is 11.9 Å². The normalized spacial score (nSPS) is 20.6. The number of hydrogen-bond donors (Lipinski definition) is 2. The van der Waals surface area contributed by atoms with Gasteiger partial charge in [-0.25, -0.2) is 4.99 Å². The van der Waals surface area contributed by atoms with Crippen LogP contribution < -0.4 is 11.1 Å². The highest BCUT2D eigenvalue weighted by molar-refractivity contribution is 6.30.